The number of aromatic nitrogens is 2. The maximum Gasteiger partial charge on any atom is 0.227 e. The number of rotatable bonds is 8. The summed E-state index contributed by atoms with van der Waals surface area (Å²) in [7, 11) is -1.00. The van der Waals surface area contributed by atoms with Gasteiger partial charge in [-0.25, -0.2) is 18.4 Å². The first-order valence-electron chi connectivity index (χ1n) is 12.8. The zero-order valence-electron chi connectivity index (χ0n) is 21.8. The zero-order valence-corrected chi connectivity index (χ0v) is 22.6. The largest absolute Gasteiger partial charge is 0.370 e. The normalized spacial score (nSPS) is 16.3. The predicted octanol–water partition coefficient (Wildman–Crippen LogP) is 3.92. The van der Waals surface area contributed by atoms with Gasteiger partial charge in [0, 0.05) is 49.5 Å². The molecule has 2 aliphatic rings. The summed E-state index contributed by atoms with van der Waals surface area (Å²) in [5.41, 5.74) is 6.81. The first-order chi connectivity index (χ1) is 17.8. The van der Waals surface area contributed by atoms with Crippen LogP contribution in [-0.4, -0.2) is 61.8 Å². The van der Waals surface area contributed by atoms with Gasteiger partial charge in [-0.3, -0.25) is 0 Å². The number of hydrogen-bond acceptors (Lipinski definition) is 8. The summed E-state index contributed by atoms with van der Waals surface area (Å²) in [5.74, 6) is 0.589. The van der Waals surface area contributed by atoms with Crippen molar-refractivity contribution in [3.05, 3.63) is 76.6 Å². The SMILES string of the molecule is CC(C)S(=O)(=O)Cc1cccc(Cc2nc(Nc3ccc(N4CCN(C)CC4)cc3)nc3c2COC3)c1. The number of benzene rings is 2. The van der Waals surface area contributed by atoms with Gasteiger partial charge in [0.05, 0.1) is 35.6 Å². The lowest BCUT2D eigenvalue weighted by molar-refractivity contribution is 0.133. The summed E-state index contributed by atoms with van der Waals surface area (Å²) in [6.07, 6.45) is 0.584. The van der Waals surface area contributed by atoms with E-state index in [1.807, 2.05) is 24.3 Å². The molecule has 0 atom stereocenters. The van der Waals surface area contributed by atoms with Gasteiger partial charge in [0.15, 0.2) is 9.84 Å². The third kappa shape index (κ3) is 6.11. The third-order valence-electron chi connectivity index (χ3n) is 7.10. The lowest BCUT2D eigenvalue weighted by Gasteiger charge is -2.34. The van der Waals surface area contributed by atoms with Crippen molar-refractivity contribution in [1.29, 1.82) is 0 Å². The number of fused-ring (bicyclic) bond motifs is 1. The van der Waals surface area contributed by atoms with E-state index in [4.69, 9.17) is 14.7 Å². The lowest BCUT2D eigenvalue weighted by atomic mass is 10.0. The van der Waals surface area contributed by atoms with Crippen molar-refractivity contribution in [2.24, 2.45) is 0 Å². The number of nitrogens with one attached hydrogen (secondary N) is 1. The summed E-state index contributed by atoms with van der Waals surface area (Å²) < 4.78 is 30.5. The van der Waals surface area contributed by atoms with Crippen LogP contribution in [0.3, 0.4) is 0 Å². The molecule has 8 nitrogen and oxygen atoms in total. The van der Waals surface area contributed by atoms with Gasteiger partial charge in [0.25, 0.3) is 0 Å². The van der Waals surface area contributed by atoms with Gasteiger partial charge in [0.1, 0.15) is 0 Å². The number of piperazine rings is 1. The maximum absolute atomic E-state index is 12.4. The number of ether oxygens (including phenoxy) is 1. The quantitative estimate of drug-likeness (QED) is 0.477. The molecular formula is C28H35N5O3S. The minimum atomic E-state index is -3.17. The molecule has 0 spiro atoms. The number of likely N-dealkylation sites (N-methyl/N-ethyl adjacent to an activating group) is 1. The molecule has 5 rings (SSSR count). The van der Waals surface area contributed by atoms with Crippen molar-refractivity contribution < 1.29 is 13.2 Å². The minimum absolute atomic E-state index is 0.0421. The first kappa shape index (κ1) is 25.6. The Kier molecular flexibility index (Phi) is 7.46. The van der Waals surface area contributed by atoms with Crippen LogP contribution >= 0.6 is 0 Å². The van der Waals surface area contributed by atoms with Crippen LogP contribution in [0.25, 0.3) is 0 Å². The van der Waals surface area contributed by atoms with E-state index >= 15 is 0 Å². The van der Waals surface area contributed by atoms with E-state index in [1.54, 1.807) is 13.8 Å². The van der Waals surface area contributed by atoms with E-state index in [1.165, 1.54) is 5.69 Å². The number of hydrogen-bond donors (Lipinski definition) is 1. The fourth-order valence-electron chi connectivity index (χ4n) is 4.69. The molecule has 0 amide bonds. The molecule has 1 fully saturated rings. The fraction of sp³-hybridized carbons (Fsp3) is 0.429. The van der Waals surface area contributed by atoms with Crippen molar-refractivity contribution in [3.8, 4) is 0 Å². The van der Waals surface area contributed by atoms with Crippen molar-refractivity contribution in [2.75, 3.05) is 43.4 Å². The highest BCUT2D eigenvalue weighted by molar-refractivity contribution is 7.91. The highest BCUT2D eigenvalue weighted by atomic mass is 32.2. The standard InChI is InChI=1S/C28H35N5O3S/c1-20(2)37(34,35)19-22-6-4-5-21(15-22)16-26-25-17-36-18-27(25)31-28(30-26)29-23-7-9-24(10-8-23)33-13-11-32(3)12-14-33/h4-10,15,20H,11-14,16-19H2,1-3H3,(H,29,30,31). The van der Waals surface area contributed by atoms with Gasteiger partial charge in [-0.2, -0.15) is 0 Å². The average Bonchev–Trinajstić information content (AvgIpc) is 3.34. The molecule has 1 aromatic heterocycles. The van der Waals surface area contributed by atoms with E-state index < -0.39 is 15.1 Å². The van der Waals surface area contributed by atoms with Crippen LogP contribution < -0.4 is 10.2 Å². The molecule has 3 heterocycles. The predicted molar refractivity (Wildman–Crippen MR) is 147 cm³/mol. The molecule has 2 aliphatic heterocycles. The summed E-state index contributed by atoms with van der Waals surface area (Å²) in [6, 6.07) is 16.2. The summed E-state index contributed by atoms with van der Waals surface area (Å²) in [5, 5.41) is 2.97. The molecule has 1 N–H and O–H groups in total. The van der Waals surface area contributed by atoms with Crippen molar-refractivity contribution in [2.45, 2.75) is 44.5 Å². The molecule has 0 radical (unpaired) electrons. The van der Waals surface area contributed by atoms with Crippen LogP contribution in [0.5, 0.6) is 0 Å². The monoisotopic (exact) mass is 521 g/mol. The molecule has 0 aliphatic carbocycles. The van der Waals surface area contributed by atoms with Crippen LogP contribution in [0.2, 0.25) is 0 Å². The molecule has 2 aromatic carbocycles. The van der Waals surface area contributed by atoms with Crippen molar-refractivity contribution in [1.82, 2.24) is 14.9 Å². The van der Waals surface area contributed by atoms with E-state index in [0.717, 1.165) is 59.9 Å². The number of sulfone groups is 1. The maximum atomic E-state index is 12.4. The fourth-order valence-corrected chi connectivity index (χ4v) is 5.67. The number of nitrogens with zero attached hydrogens (tertiary/aromatic N) is 4. The van der Waals surface area contributed by atoms with Gasteiger partial charge >= 0.3 is 0 Å². The van der Waals surface area contributed by atoms with Gasteiger partial charge in [0.2, 0.25) is 5.95 Å². The van der Waals surface area contributed by atoms with Crippen molar-refractivity contribution >= 4 is 27.2 Å². The van der Waals surface area contributed by atoms with Crippen LogP contribution in [0.15, 0.2) is 48.5 Å². The van der Waals surface area contributed by atoms with E-state index in [0.29, 0.717) is 25.6 Å². The molecule has 0 bridgehead atoms. The van der Waals surface area contributed by atoms with Crippen LogP contribution in [0, 0.1) is 0 Å². The Morgan fingerprint density at radius 2 is 1.70 bits per heavy atom. The first-order valence-corrected chi connectivity index (χ1v) is 14.5. The zero-order chi connectivity index (χ0) is 26.0. The Morgan fingerprint density at radius 1 is 0.973 bits per heavy atom. The van der Waals surface area contributed by atoms with E-state index in [-0.39, 0.29) is 5.75 Å². The van der Waals surface area contributed by atoms with Gasteiger partial charge < -0.3 is 19.9 Å². The Bertz CT molecular complexity index is 1350. The summed E-state index contributed by atoms with van der Waals surface area (Å²) >= 11 is 0. The number of anilines is 3. The van der Waals surface area contributed by atoms with Crippen LogP contribution in [0.4, 0.5) is 17.3 Å². The highest BCUT2D eigenvalue weighted by Crippen LogP contribution is 2.27. The summed E-state index contributed by atoms with van der Waals surface area (Å²) in [4.78, 5) is 14.3. The topological polar surface area (TPSA) is 87.7 Å². The van der Waals surface area contributed by atoms with Crippen molar-refractivity contribution in [3.63, 3.8) is 0 Å². The Balaban J connectivity index is 1.33. The molecule has 3 aromatic rings. The van der Waals surface area contributed by atoms with E-state index in [9.17, 15) is 8.42 Å². The molecule has 9 heteroatoms. The molecular weight excluding hydrogens is 486 g/mol. The molecule has 0 unspecified atom stereocenters. The van der Waals surface area contributed by atoms with Gasteiger partial charge in [-0.05, 0) is 56.3 Å². The molecule has 37 heavy (non-hydrogen) atoms. The second-order valence-electron chi connectivity index (χ2n) is 10.2. The average molecular weight is 522 g/mol. The molecule has 0 saturated carbocycles. The van der Waals surface area contributed by atoms with Crippen LogP contribution in [0.1, 0.15) is 41.9 Å². The molecule has 196 valence electrons. The summed E-state index contributed by atoms with van der Waals surface area (Å²) in [6.45, 7) is 8.61. The lowest BCUT2D eigenvalue weighted by Crippen LogP contribution is -2.44. The van der Waals surface area contributed by atoms with Crippen LogP contribution in [-0.2, 0) is 40.0 Å². The second-order valence-corrected chi connectivity index (χ2v) is 12.8. The minimum Gasteiger partial charge on any atom is -0.370 e. The van der Waals surface area contributed by atoms with Gasteiger partial charge in [-0.15, -0.1) is 0 Å². The molecule has 1 saturated heterocycles. The Hall–Kier alpha value is -3.01. The van der Waals surface area contributed by atoms with Gasteiger partial charge in [-0.1, -0.05) is 24.3 Å². The Labute approximate surface area is 219 Å². The van der Waals surface area contributed by atoms with E-state index in [2.05, 4.69) is 46.4 Å². The smallest absolute Gasteiger partial charge is 0.227 e. The third-order valence-corrected chi connectivity index (χ3v) is 9.28. The second kappa shape index (κ2) is 10.8. The Morgan fingerprint density at radius 3 is 2.43 bits per heavy atom. The highest BCUT2D eigenvalue weighted by Gasteiger charge is 2.21.